The zero-order valence-electron chi connectivity index (χ0n) is 7.04. The lowest BCUT2D eigenvalue weighted by Gasteiger charge is -1.92. The maximum Gasteiger partial charge on any atom is 0.216 e. The number of carbonyl (C=O) groups excluding carboxylic acids is 1. The van der Waals surface area contributed by atoms with Crippen molar-refractivity contribution in [2.24, 2.45) is 0 Å². The number of hydrogen-bond acceptors (Lipinski definition) is 1. The summed E-state index contributed by atoms with van der Waals surface area (Å²) in [5.74, 6) is 0. The molecule has 0 spiro atoms. The smallest absolute Gasteiger partial charge is 0.216 e. The number of hydrogen-bond donors (Lipinski definition) is 1. The van der Waals surface area contributed by atoms with Crippen LogP contribution in [0.25, 0.3) is 0 Å². The molecular weight excluding hydrogens is 236 g/mol. The molecule has 0 saturated carbocycles. The van der Waals surface area contributed by atoms with Crippen molar-refractivity contribution in [2.45, 2.75) is 13.8 Å². The molecule has 0 radical (unpaired) electrons. The van der Waals surface area contributed by atoms with Crippen molar-refractivity contribution in [3.8, 4) is 0 Å². The van der Waals surface area contributed by atoms with Gasteiger partial charge in [-0.2, -0.15) is 0 Å². The Kier molecular flexibility index (Phi) is 6.11. The third-order valence-electron chi connectivity index (χ3n) is 1.09. The third kappa shape index (κ3) is 3.93. The minimum absolute atomic E-state index is 0.201. The van der Waals surface area contributed by atoms with Crippen LogP contribution in [0.15, 0.2) is 28.7 Å². The fourth-order valence-electron chi connectivity index (χ4n) is 0.592. The van der Waals surface area contributed by atoms with Crippen molar-refractivity contribution in [1.82, 2.24) is 0 Å². The van der Waals surface area contributed by atoms with E-state index in [1.54, 1.807) is 12.1 Å². The third-order valence-corrected chi connectivity index (χ3v) is 1.88. The Balaban J connectivity index is 0.000000561. The van der Waals surface area contributed by atoms with Gasteiger partial charge in [-0.3, -0.25) is 4.79 Å². The molecular formula is C9H11BrOS. The molecule has 66 valence electrons. The molecule has 0 amide bonds. The van der Waals surface area contributed by atoms with Crippen LogP contribution in [0, 0.1) is 0 Å². The molecule has 0 atom stereocenters. The molecule has 1 rings (SSSR count). The predicted octanol–water partition coefficient (Wildman–Crippen LogP) is 3.55. The number of halogens is 1. The molecule has 1 aromatic carbocycles. The first-order valence-corrected chi connectivity index (χ1v) is 4.93. The van der Waals surface area contributed by atoms with Gasteiger partial charge in [0, 0.05) is 10.0 Å². The average Bonchev–Trinajstić information content (AvgIpc) is 2.09. The minimum Gasteiger partial charge on any atom is -0.282 e. The van der Waals surface area contributed by atoms with E-state index in [0.29, 0.717) is 5.56 Å². The average molecular weight is 247 g/mol. The molecule has 3 heteroatoms. The molecule has 0 aliphatic heterocycles. The summed E-state index contributed by atoms with van der Waals surface area (Å²) in [6, 6.07) is 7.06. The second-order valence-electron chi connectivity index (χ2n) is 1.81. The van der Waals surface area contributed by atoms with E-state index in [1.807, 2.05) is 26.0 Å². The van der Waals surface area contributed by atoms with E-state index in [4.69, 9.17) is 0 Å². The van der Waals surface area contributed by atoms with Crippen LogP contribution in [0.2, 0.25) is 0 Å². The van der Waals surface area contributed by atoms with Crippen molar-refractivity contribution >= 4 is 33.7 Å². The largest absolute Gasteiger partial charge is 0.282 e. The van der Waals surface area contributed by atoms with Crippen LogP contribution in [0.5, 0.6) is 0 Å². The summed E-state index contributed by atoms with van der Waals surface area (Å²) in [6.07, 6.45) is 0. The van der Waals surface area contributed by atoms with Gasteiger partial charge in [0.25, 0.3) is 0 Å². The van der Waals surface area contributed by atoms with E-state index in [1.165, 1.54) is 0 Å². The van der Waals surface area contributed by atoms with Crippen molar-refractivity contribution < 1.29 is 4.79 Å². The molecule has 0 aromatic heterocycles. The predicted molar refractivity (Wildman–Crippen MR) is 58.8 cm³/mol. The summed E-state index contributed by atoms with van der Waals surface area (Å²) >= 11 is 6.93. The first-order chi connectivity index (χ1) is 5.70. The van der Waals surface area contributed by atoms with Gasteiger partial charge in [-0.1, -0.05) is 29.8 Å². The molecule has 1 aromatic rings. The van der Waals surface area contributed by atoms with Crippen molar-refractivity contribution in [1.29, 1.82) is 0 Å². The van der Waals surface area contributed by atoms with Gasteiger partial charge < -0.3 is 0 Å². The molecule has 12 heavy (non-hydrogen) atoms. The highest BCUT2D eigenvalue weighted by atomic mass is 79.9. The first kappa shape index (κ1) is 11.7. The van der Waals surface area contributed by atoms with Crippen LogP contribution in [0.4, 0.5) is 0 Å². The zero-order valence-corrected chi connectivity index (χ0v) is 9.52. The van der Waals surface area contributed by atoms with Gasteiger partial charge in [-0.15, -0.1) is 12.6 Å². The minimum atomic E-state index is -0.201. The molecule has 0 aliphatic carbocycles. The Morgan fingerprint density at radius 3 is 2.00 bits per heavy atom. The summed E-state index contributed by atoms with van der Waals surface area (Å²) in [6.45, 7) is 4.00. The lowest BCUT2D eigenvalue weighted by atomic mass is 10.2. The molecule has 0 aliphatic rings. The molecule has 0 bridgehead atoms. The topological polar surface area (TPSA) is 17.1 Å². The quantitative estimate of drug-likeness (QED) is 0.751. The van der Waals surface area contributed by atoms with E-state index < -0.39 is 0 Å². The lowest BCUT2D eigenvalue weighted by molar-refractivity contribution is 0.109. The molecule has 1 nitrogen and oxygen atoms in total. The van der Waals surface area contributed by atoms with Crippen LogP contribution >= 0.6 is 28.6 Å². The van der Waals surface area contributed by atoms with Gasteiger partial charge in [0.05, 0.1) is 0 Å². The Labute approximate surface area is 86.7 Å². The van der Waals surface area contributed by atoms with Crippen LogP contribution < -0.4 is 0 Å². The summed E-state index contributed by atoms with van der Waals surface area (Å²) in [4.78, 5) is 10.6. The van der Waals surface area contributed by atoms with E-state index in [0.717, 1.165) is 4.47 Å². The summed E-state index contributed by atoms with van der Waals surface area (Å²) in [5.41, 5.74) is 0.617. The molecule has 0 N–H and O–H groups in total. The van der Waals surface area contributed by atoms with Crippen molar-refractivity contribution in [2.75, 3.05) is 0 Å². The van der Waals surface area contributed by atoms with E-state index in [2.05, 4.69) is 28.6 Å². The van der Waals surface area contributed by atoms with E-state index in [9.17, 15) is 4.79 Å². The number of benzene rings is 1. The summed E-state index contributed by atoms with van der Waals surface area (Å²) in [7, 11) is 0. The van der Waals surface area contributed by atoms with Crippen molar-refractivity contribution in [3.63, 3.8) is 0 Å². The second kappa shape index (κ2) is 6.26. The summed E-state index contributed by atoms with van der Waals surface area (Å²) in [5, 5.41) is -0.201. The number of thiol groups is 1. The standard InChI is InChI=1S/C7H5BrOS.C2H6/c8-6-3-1-5(2-4-6)7(9)10;1-2/h1-4H,(H,9,10);1-2H3. The summed E-state index contributed by atoms with van der Waals surface area (Å²) < 4.78 is 0.964. The number of carbonyl (C=O) groups is 1. The van der Waals surface area contributed by atoms with Gasteiger partial charge in [0.15, 0.2) is 0 Å². The maximum atomic E-state index is 10.6. The monoisotopic (exact) mass is 246 g/mol. The highest BCUT2D eigenvalue weighted by molar-refractivity contribution is 9.10. The molecule has 0 saturated heterocycles. The zero-order chi connectivity index (χ0) is 9.56. The first-order valence-electron chi connectivity index (χ1n) is 3.69. The Morgan fingerprint density at radius 1 is 1.25 bits per heavy atom. The van der Waals surface area contributed by atoms with Gasteiger partial charge in [-0.05, 0) is 24.3 Å². The van der Waals surface area contributed by atoms with Crippen LogP contribution in [-0.2, 0) is 0 Å². The lowest BCUT2D eigenvalue weighted by Crippen LogP contribution is -1.85. The number of rotatable bonds is 1. The SMILES string of the molecule is CC.O=C(S)c1ccc(Br)cc1. The van der Waals surface area contributed by atoms with E-state index in [-0.39, 0.29) is 5.12 Å². The van der Waals surface area contributed by atoms with Gasteiger partial charge in [-0.25, -0.2) is 0 Å². The maximum absolute atomic E-state index is 10.6. The van der Waals surface area contributed by atoms with Crippen LogP contribution in [0.1, 0.15) is 24.2 Å². The van der Waals surface area contributed by atoms with Crippen LogP contribution in [0.3, 0.4) is 0 Å². The van der Waals surface area contributed by atoms with Gasteiger partial charge in [0.1, 0.15) is 0 Å². The highest BCUT2D eigenvalue weighted by Crippen LogP contribution is 2.11. The fourth-order valence-corrected chi connectivity index (χ4v) is 1.01. The molecule has 0 heterocycles. The fraction of sp³-hybridized carbons (Fsp3) is 0.222. The Morgan fingerprint density at radius 2 is 1.67 bits per heavy atom. The normalized spacial score (nSPS) is 8.33. The van der Waals surface area contributed by atoms with Gasteiger partial charge >= 0.3 is 0 Å². The molecule has 0 fully saturated rings. The van der Waals surface area contributed by atoms with Crippen LogP contribution in [-0.4, -0.2) is 5.12 Å². The Hall–Kier alpha value is -0.280. The Bertz CT molecular complexity index is 243. The van der Waals surface area contributed by atoms with E-state index >= 15 is 0 Å². The highest BCUT2D eigenvalue weighted by Gasteiger charge is 1.96. The van der Waals surface area contributed by atoms with Gasteiger partial charge in [0.2, 0.25) is 5.12 Å². The molecule has 0 unspecified atom stereocenters. The second-order valence-corrected chi connectivity index (χ2v) is 3.13. The van der Waals surface area contributed by atoms with Crippen molar-refractivity contribution in [3.05, 3.63) is 34.3 Å².